The third kappa shape index (κ3) is 3.92. The number of carbonyl (C=O) groups excluding carboxylic acids is 1. The van der Waals surface area contributed by atoms with Crippen LogP contribution in [0, 0.1) is 0 Å². The van der Waals surface area contributed by atoms with Crippen LogP contribution in [-0.4, -0.2) is 22.8 Å². The van der Waals surface area contributed by atoms with Gasteiger partial charge < -0.3 is 4.90 Å². The van der Waals surface area contributed by atoms with Gasteiger partial charge in [-0.15, -0.1) is 0 Å². The minimum Gasteiger partial charge on any atom is -0.336 e. The Bertz CT molecular complexity index is 783. The van der Waals surface area contributed by atoms with Crippen molar-refractivity contribution in [3.63, 3.8) is 0 Å². The third-order valence-corrected chi connectivity index (χ3v) is 4.38. The molecule has 1 atom stereocenters. The lowest BCUT2D eigenvalue weighted by molar-refractivity contribution is 0.0779. The van der Waals surface area contributed by atoms with E-state index in [4.69, 9.17) is 11.6 Å². The van der Waals surface area contributed by atoms with Gasteiger partial charge in [0.25, 0.3) is 5.91 Å². The topological polar surface area (TPSA) is 33.2 Å². The van der Waals surface area contributed by atoms with Crippen LogP contribution in [-0.2, 0) is 6.54 Å². The number of halogens is 1. The van der Waals surface area contributed by atoms with E-state index < -0.39 is 0 Å². The van der Waals surface area contributed by atoms with Gasteiger partial charge in [-0.25, -0.2) is 0 Å². The van der Waals surface area contributed by atoms with Crippen LogP contribution < -0.4 is 0 Å². The van der Waals surface area contributed by atoms with Gasteiger partial charge in [-0.2, -0.15) is 0 Å². The van der Waals surface area contributed by atoms with E-state index in [9.17, 15) is 4.79 Å². The van der Waals surface area contributed by atoms with Gasteiger partial charge >= 0.3 is 0 Å². The van der Waals surface area contributed by atoms with E-state index in [1.165, 1.54) is 0 Å². The van der Waals surface area contributed by atoms with E-state index in [2.05, 4.69) is 11.1 Å². The Kier molecular flexibility index (Phi) is 5.11. The monoisotopic (exact) mass is 338 g/mol. The summed E-state index contributed by atoms with van der Waals surface area (Å²) in [5, 5.41) is 0.763. The molecule has 1 aliphatic rings. The lowest BCUT2D eigenvalue weighted by Gasteiger charge is -2.19. The molecular formula is C20H19ClN2O. The van der Waals surface area contributed by atoms with E-state index in [1.54, 1.807) is 18.1 Å². The number of pyridine rings is 1. The number of allylic oxidation sites excluding steroid dienone is 4. The molecule has 122 valence electrons. The van der Waals surface area contributed by atoms with Crippen LogP contribution in [0.5, 0.6) is 0 Å². The van der Waals surface area contributed by atoms with Crippen LogP contribution >= 0.6 is 11.6 Å². The largest absolute Gasteiger partial charge is 0.336 e. The quantitative estimate of drug-likeness (QED) is 0.821. The fourth-order valence-electron chi connectivity index (χ4n) is 2.76. The number of nitrogens with zero attached hydrogens (tertiary/aromatic N) is 2. The second kappa shape index (κ2) is 7.45. The molecule has 0 saturated carbocycles. The van der Waals surface area contributed by atoms with Crippen molar-refractivity contribution in [3.05, 3.63) is 88.7 Å². The summed E-state index contributed by atoms with van der Waals surface area (Å²) in [4.78, 5) is 18.6. The van der Waals surface area contributed by atoms with Gasteiger partial charge in [0.05, 0.1) is 0 Å². The number of amides is 1. The minimum absolute atomic E-state index is 0.0749. The minimum atomic E-state index is -0.0749. The highest BCUT2D eigenvalue weighted by Crippen LogP contribution is 2.28. The van der Waals surface area contributed by atoms with Gasteiger partial charge in [0, 0.05) is 30.7 Å². The lowest BCUT2D eigenvalue weighted by atomic mass is 9.93. The maximum absolute atomic E-state index is 12.6. The Hall–Kier alpha value is -2.39. The molecule has 1 aromatic heterocycles. The summed E-state index contributed by atoms with van der Waals surface area (Å²) in [5.41, 5.74) is 2.65. The van der Waals surface area contributed by atoms with Crippen molar-refractivity contribution in [2.75, 3.05) is 7.05 Å². The van der Waals surface area contributed by atoms with Gasteiger partial charge in [-0.05, 0) is 35.8 Å². The van der Waals surface area contributed by atoms with Crippen molar-refractivity contribution in [1.82, 2.24) is 9.88 Å². The Morgan fingerprint density at radius 2 is 2.08 bits per heavy atom. The van der Waals surface area contributed by atoms with Crippen LogP contribution in [0.1, 0.15) is 34.0 Å². The van der Waals surface area contributed by atoms with E-state index >= 15 is 0 Å². The standard InChI is InChI=1S/C20H19ClN2O/c1-23(14-15-5-3-2-4-6-15)20(24)19-13-17(11-12-22-19)16-7-9-18(21)10-8-16/h2-7,9-13,16H,8,14H2,1H3. The Morgan fingerprint density at radius 1 is 1.29 bits per heavy atom. The van der Waals surface area contributed by atoms with E-state index in [-0.39, 0.29) is 11.8 Å². The molecule has 4 heteroatoms. The lowest BCUT2D eigenvalue weighted by Crippen LogP contribution is -2.27. The van der Waals surface area contributed by atoms with Crippen LogP contribution in [0.2, 0.25) is 0 Å². The number of hydrogen-bond donors (Lipinski definition) is 0. The first-order chi connectivity index (χ1) is 11.6. The van der Waals surface area contributed by atoms with Crippen molar-refractivity contribution >= 4 is 17.5 Å². The first-order valence-corrected chi connectivity index (χ1v) is 8.30. The van der Waals surface area contributed by atoms with Crippen molar-refractivity contribution in [2.45, 2.75) is 18.9 Å². The SMILES string of the molecule is CN(Cc1ccccc1)C(=O)c1cc(C2C=CC(Cl)=CC2)ccn1. The number of benzene rings is 1. The first-order valence-electron chi connectivity index (χ1n) is 7.92. The third-order valence-electron chi connectivity index (χ3n) is 4.10. The van der Waals surface area contributed by atoms with E-state index in [1.807, 2.05) is 54.6 Å². The average molecular weight is 339 g/mol. The summed E-state index contributed by atoms with van der Waals surface area (Å²) in [6.45, 7) is 0.563. The van der Waals surface area contributed by atoms with Gasteiger partial charge in [-0.3, -0.25) is 9.78 Å². The number of hydrogen-bond acceptors (Lipinski definition) is 2. The molecule has 1 aliphatic carbocycles. The number of carbonyl (C=O) groups is 1. The zero-order chi connectivity index (χ0) is 16.9. The summed E-state index contributed by atoms with van der Waals surface area (Å²) in [6.07, 6.45) is 8.51. The van der Waals surface area contributed by atoms with Crippen LogP contribution in [0.25, 0.3) is 0 Å². The molecule has 0 spiro atoms. The molecule has 3 rings (SSSR count). The number of rotatable bonds is 4. The molecule has 0 saturated heterocycles. The Morgan fingerprint density at radius 3 is 2.79 bits per heavy atom. The van der Waals surface area contributed by atoms with Crippen molar-refractivity contribution in [1.29, 1.82) is 0 Å². The van der Waals surface area contributed by atoms with Gasteiger partial charge in [0.15, 0.2) is 0 Å². The normalized spacial score (nSPS) is 16.6. The second-order valence-electron chi connectivity index (χ2n) is 5.91. The molecule has 0 fully saturated rings. The van der Waals surface area contributed by atoms with Crippen LogP contribution in [0.3, 0.4) is 0 Å². The van der Waals surface area contributed by atoms with Crippen molar-refractivity contribution in [2.24, 2.45) is 0 Å². The van der Waals surface area contributed by atoms with Gasteiger partial charge in [0.1, 0.15) is 5.69 Å². The second-order valence-corrected chi connectivity index (χ2v) is 6.35. The van der Waals surface area contributed by atoms with Gasteiger partial charge in [-0.1, -0.05) is 54.1 Å². The highest BCUT2D eigenvalue weighted by Gasteiger charge is 2.17. The zero-order valence-corrected chi connectivity index (χ0v) is 14.3. The van der Waals surface area contributed by atoms with Gasteiger partial charge in [0.2, 0.25) is 0 Å². The molecule has 1 aromatic carbocycles. The fourth-order valence-corrected chi connectivity index (χ4v) is 2.92. The molecule has 0 aliphatic heterocycles. The Labute approximate surface area is 147 Å². The maximum Gasteiger partial charge on any atom is 0.272 e. The molecule has 24 heavy (non-hydrogen) atoms. The molecule has 0 bridgehead atoms. The Balaban J connectivity index is 1.73. The predicted molar refractivity (Wildman–Crippen MR) is 96.9 cm³/mol. The molecule has 0 N–H and O–H groups in total. The summed E-state index contributed by atoms with van der Waals surface area (Å²) in [6, 6.07) is 13.8. The summed E-state index contributed by atoms with van der Waals surface area (Å²) >= 11 is 5.97. The highest BCUT2D eigenvalue weighted by molar-refractivity contribution is 6.31. The highest BCUT2D eigenvalue weighted by atomic mass is 35.5. The molecule has 0 radical (unpaired) electrons. The fraction of sp³-hybridized carbons (Fsp3) is 0.200. The zero-order valence-electron chi connectivity index (χ0n) is 13.5. The molecule has 1 unspecified atom stereocenters. The van der Waals surface area contributed by atoms with Crippen molar-refractivity contribution in [3.8, 4) is 0 Å². The van der Waals surface area contributed by atoms with E-state index in [0.717, 1.165) is 22.6 Å². The summed E-state index contributed by atoms with van der Waals surface area (Å²) < 4.78 is 0. The molecule has 2 aromatic rings. The predicted octanol–water partition coefficient (Wildman–Crippen LogP) is 4.52. The molecule has 3 nitrogen and oxygen atoms in total. The van der Waals surface area contributed by atoms with Crippen LogP contribution in [0.4, 0.5) is 0 Å². The van der Waals surface area contributed by atoms with Crippen molar-refractivity contribution < 1.29 is 4.79 Å². The molecular weight excluding hydrogens is 320 g/mol. The summed E-state index contributed by atoms with van der Waals surface area (Å²) in [5.74, 6) is 0.163. The average Bonchev–Trinajstić information content (AvgIpc) is 2.62. The van der Waals surface area contributed by atoms with Crippen LogP contribution in [0.15, 0.2) is 71.9 Å². The summed E-state index contributed by atoms with van der Waals surface area (Å²) in [7, 11) is 1.80. The maximum atomic E-state index is 12.6. The smallest absolute Gasteiger partial charge is 0.272 e. The number of aromatic nitrogens is 1. The molecule has 1 heterocycles. The van der Waals surface area contributed by atoms with E-state index in [0.29, 0.717) is 12.2 Å². The first kappa shape index (κ1) is 16.5. The molecule has 1 amide bonds.